The fourth-order valence-electron chi connectivity index (χ4n) is 4.20. The Bertz CT molecular complexity index is 1410. The van der Waals surface area contributed by atoms with Crippen LogP contribution in [-0.4, -0.2) is 62.3 Å². The van der Waals surface area contributed by atoms with E-state index in [2.05, 4.69) is 15.0 Å². The lowest BCUT2D eigenvalue weighted by molar-refractivity contribution is 0.112. The van der Waals surface area contributed by atoms with Crippen LogP contribution in [-0.2, 0) is 0 Å². The Balaban J connectivity index is 0.00000148. The summed E-state index contributed by atoms with van der Waals surface area (Å²) in [7, 11) is 1.00. The summed E-state index contributed by atoms with van der Waals surface area (Å²) in [6.45, 7) is 0.942. The minimum atomic E-state index is -0.582. The van der Waals surface area contributed by atoms with Gasteiger partial charge in [0.25, 0.3) is 0 Å². The summed E-state index contributed by atoms with van der Waals surface area (Å²) in [6, 6.07) is 8.01. The maximum atomic E-state index is 15.3. The van der Waals surface area contributed by atoms with Gasteiger partial charge in [-0.05, 0) is 31.0 Å². The van der Waals surface area contributed by atoms with Gasteiger partial charge >= 0.3 is 0 Å². The number of hydrogen-bond donors (Lipinski definition) is 2. The predicted molar refractivity (Wildman–Crippen MR) is 130 cm³/mol. The Kier molecular flexibility index (Phi) is 7.50. The van der Waals surface area contributed by atoms with Gasteiger partial charge in [-0.2, -0.15) is 0 Å². The maximum absolute atomic E-state index is 15.3. The first-order valence-corrected chi connectivity index (χ1v) is 11.2. The molecular weight excluding hydrogens is 469 g/mol. The van der Waals surface area contributed by atoms with Crippen molar-refractivity contribution in [2.45, 2.75) is 18.9 Å². The van der Waals surface area contributed by atoms with Crippen LogP contribution in [0.1, 0.15) is 23.2 Å². The molecular formula is C25H24FN5O5. The molecule has 1 aliphatic heterocycles. The van der Waals surface area contributed by atoms with Gasteiger partial charge in [-0.1, -0.05) is 6.07 Å². The molecule has 3 aromatic heterocycles. The van der Waals surface area contributed by atoms with Gasteiger partial charge in [0.05, 0.1) is 35.2 Å². The number of carbonyl (C=O) groups excluding carboxylic acids is 1. The molecule has 0 aliphatic carbocycles. The van der Waals surface area contributed by atoms with Crippen LogP contribution in [0.25, 0.3) is 16.9 Å². The first-order valence-electron chi connectivity index (χ1n) is 11.2. The van der Waals surface area contributed by atoms with Crippen LogP contribution in [0, 0.1) is 5.82 Å². The van der Waals surface area contributed by atoms with E-state index in [1.807, 2.05) is 11.0 Å². The van der Waals surface area contributed by atoms with Gasteiger partial charge in [0, 0.05) is 37.5 Å². The molecule has 1 aromatic carbocycles. The molecule has 0 bridgehead atoms. The molecule has 186 valence electrons. The van der Waals surface area contributed by atoms with Crippen molar-refractivity contribution in [3.05, 3.63) is 76.7 Å². The quantitative estimate of drug-likeness (QED) is 0.389. The molecule has 0 saturated carbocycles. The van der Waals surface area contributed by atoms with E-state index in [9.17, 15) is 14.7 Å². The normalized spacial score (nSPS) is 14.9. The minimum Gasteiger partial charge on any atom is -0.505 e. The number of aromatic nitrogens is 4. The average Bonchev–Trinajstić information content (AvgIpc) is 3.38. The van der Waals surface area contributed by atoms with Gasteiger partial charge in [0.15, 0.2) is 17.5 Å². The SMILES string of the molecule is CO.O=Cc1cn(-c2ncc(O)cn2)c2cc(N3CCCC3COc3ccccn3)c(F)cc2c1=O. The van der Waals surface area contributed by atoms with Crippen LogP contribution in [0.3, 0.4) is 0 Å². The third-order valence-corrected chi connectivity index (χ3v) is 5.81. The molecule has 4 heterocycles. The smallest absolute Gasteiger partial charge is 0.234 e. The van der Waals surface area contributed by atoms with Gasteiger partial charge in [0.1, 0.15) is 12.4 Å². The van der Waals surface area contributed by atoms with E-state index in [1.165, 1.54) is 23.2 Å². The van der Waals surface area contributed by atoms with Crippen LogP contribution >= 0.6 is 0 Å². The Morgan fingerprint density at radius 3 is 2.67 bits per heavy atom. The molecule has 0 radical (unpaired) electrons. The second kappa shape index (κ2) is 10.9. The summed E-state index contributed by atoms with van der Waals surface area (Å²) in [5.74, 6) is -0.0900. The fraction of sp³-hybridized carbons (Fsp3) is 0.240. The first-order chi connectivity index (χ1) is 17.5. The number of carbonyl (C=O) groups is 1. The summed E-state index contributed by atoms with van der Waals surface area (Å²) in [5.41, 5.74) is -0.0829. The molecule has 1 fully saturated rings. The Labute approximate surface area is 205 Å². The molecule has 11 heteroatoms. The number of halogens is 1. The number of fused-ring (bicyclic) bond motifs is 1. The molecule has 1 unspecified atom stereocenters. The third kappa shape index (κ3) is 4.86. The monoisotopic (exact) mass is 493 g/mol. The highest BCUT2D eigenvalue weighted by Gasteiger charge is 2.28. The van der Waals surface area contributed by atoms with E-state index in [-0.39, 0.29) is 28.7 Å². The second-order valence-electron chi connectivity index (χ2n) is 7.93. The van der Waals surface area contributed by atoms with Crippen LogP contribution in [0.2, 0.25) is 0 Å². The molecule has 4 aromatic rings. The van der Waals surface area contributed by atoms with Crippen molar-refractivity contribution < 1.29 is 24.1 Å². The molecule has 1 aliphatic rings. The number of ether oxygens (including phenoxy) is 1. The van der Waals surface area contributed by atoms with Crippen molar-refractivity contribution >= 4 is 22.9 Å². The van der Waals surface area contributed by atoms with Crippen molar-refractivity contribution in [1.82, 2.24) is 19.5 Å². The van der Waals surface area contributed by atoms with Crippen LogP contribution in [0.4, 0.5) is 10.1 Å². The Morgan fingerprint density at radius 1 is 1.19 bits per heavy atom. The highest BCUT2D eigenvalue weighted by atomic mass is 19.1. The molecule has 5 rings (SSSR count). The summed E-state index contributed by atoms with van der Waals surface area (Å²) >= 11 is 0. The maximum Gasteiger partial charge on any atom is 0.234 e. The number of aliphatic hydroxyl groups excluding tert-OH is 1. The number of aliphatic hydroxyl groups is 1. The van der Waals surface area contributed by atoms with Crippen LogP contribution < -0.4 is 15.1 Å². The number of benzene rings is 1. The summed E-state index contributed by atoms with van der Waals surface area (Å²) in [6.07, 6.45) is 7.43. The second-order valence-corrected chi connectivity index (χ2v) is 7.93. The number of hydrogen-bond acceptors (Lipinski definition) is 9. The van der Waals surface area contributed by atoms with E-state index in [4.69, 9.17) is 9.84 Å². The standard InChI is InChI=1S/C24H20FN5O4.CH4O/c25-19-8-18-20(30(12-15(13-31)23(18)33)24-27-10-17(32)11-28-24)9-21(19)29-7-3-4-16(29)14-34-22-5-1-2-6-26-22;1-2/h1-2,5-6,8-13,16,32H,3-4,7,14H2;2H,1H3. The molecule has 1 saturated heterocycles. The predicted octanol–water partition coefficient (Wildman–Crippen LogP) is 2.49. The topological polar surface area (TPSA) is 131 Å². The van der Waals surface area contributed by atoms with Crippen LogP contribution in [0.5, 0.6) is 11.6 Å². The van der Waals surface area contributed by atoms with Gasteiger partial charge < -0.3 is 19.8 Å². The highest BCUT2D eigenvalue weighted by Crippen LogP contribution is 2.32. The number of nitrogens with zero attached hydrogens (tertiary/aromatic N) is 5. The number of rotatable bonds is 6. The highest BCUT2D eigenvalue weighted by molar-refractivity contribution is 5.89. The van der Waals surface area contributed by atoms with Crippen molar-refractivity contribution in [3.8, 4) is 17.6 Å². The number of anilines is 1. The number of pyridine rings is 2. The lowest BCUT2D eigenvalue weighted by Gasteiger charge is -2.27. The van der Waals surface area contributed by atoms with E-state index < -0.39 is 11.2 Å². The fourth-order valence-corrected chi connectivity index (χ4v) is 4.20. The van der Waals surface area contributed by atoms with E-state index in [0.29, 0.717) is 36.5 Å². The molecule has 0 spiro atoms. The van der Waals surface area contributed by atoms with Crippen molar-refractivity contribution in [1.29, 1.82) is 0 Å². The van der Waals surface area contributed by atoms with Crippen molar-refractivity contribution in [2.24, 2.45) is 0 Å². The zero-order chi connectivity index (χ0) is 25.7. The summed E-state index contributed by atoms with van der Waals surface area (Å²) < 4.78 is 22.6. The molecule has 2 N–H and O–H groups in total. The molecule has 0 amide bonds. The average molecular weight is 493 g/mol. The van der Waals surface area contributed by atoms with Crippen LogP contribution in [0.15, 0.2) is 59.9 Å². The number of aldehydes is 1. The van der Waals surface area contributed by atoms with Gasteiger partial charge in [0.2, 0.25) is 11.8 Å². The third-order valence-electron chi connectivity index (χ3n) is 5.81. The lowest BCUT2D eigenvalue weighted by atomic mass is 10.1. The number of aromatic hydroxyl groups is 1. The van der Waals surface area contributed by atoms with Gasteiger partial charge in [-0.25, -0.2) is 19.3 Å². The molecule has 10 nitrogen and oxygen atoms in total. The Morgan fingerprint density at radius 2 is 1.97 bits per heavy atom. The Hall–Kier alpha value is -4.38. The van der Waals surface area contributed by atoms with Gasteiger partial charge in [-0.15, -0.1) is 0 Å². The van der Waals surface area contributed by atoms with Crippen molar-refractivity contribution in [3.63, 3.8) is 0 Å². The van der Waals surface area contributed by atoms with Gasteiger partial charge in [-0.3, -0.25) is 14.2 Å². The van der Waals surface area contributed by atoms with E-state index in [0.717, 1.165) is 26.0 Å². The summed E-state index contributed by atoms with van der Waals surface area (Å²) in [4.78, 5) is 38.5. The molecule has 36 heavy (non-hydrogen) atoms. The van der Waals surface area contributed by atoms with E-state index >= 15 is 4.39 Å². The zero-order valence-electron chi connectivity index (χ0n) is 19.4. The minimum absolute atomic E-state index is 0.0306. The zero-order valence-corrected chi connectivity index (χ0v) is 19.4. The first kappa shape index (κ1) is 24.7. The largest absolute Gasteiger partial charge is 0.505 e. The van der Waals surface area contributed by atoms with Crippen molar-refractivity contribution in [2.75, 3.05) is 25.2 Å². The lowest BCUT2D eigenvalue weighted by Crippen LogP contribution is -2.35. The summed E-state index contributed by atoms with van der Waals surface area (Å²) in [5, 5.41) is 16.6. The van der Waals surface area contributed by atoms with E-state index in [1.54, 1.807) is 24.4 Å². The molecule has 1 atom stereocenters.